The Labute approximate surface area is 152 Å². The number of esters is 1. The van der Waals surface area contributed by atoms with Crippen LogP contribution in [-0.4, -0.2) is 18.8 Å². The number of thioether (sulfide) groups is 1. The van der Waals surface area contributed by atoms with Crippen LogP contribution in [0.5, 0.6) is 0 Å². The van der Waals surface area contributed by atoms with E-state index >= 15 is 0 Å². The molecule has 4 heteroatoms. The second-order valence-corrected chi connectivity index (χ2v) is 7.45. The molecule has 0 unspecified atom stereocenters. The van der Waals surface area contributed by atoms with Crippen LogP contribution < -0.4 is 0 Å². The summed E-state index contributed by atoms with van der Waals surface area (Å²) in [6.45, 7) is 4.45. The number of halogens is 1. The Hall–Kier alpha value is -2.07. The van der Waals surface area contributed by atoms with Crippen molar-refractivity contribution in [3.05, 3.63) is 65.0 Å². The lowest BCUT2D eigenvalue weighted by atomic mass is 9.94. The van der Waals surface area contributed by atoms with E-state index in [9.17, 15) is 9.18 Å². The van der Waals surface area contributed by atoms with E-state index in [0.717, 1.165) is 16.9 Å². The van der Waals surface area contributed by atoms with E-state index in [2.05, 4.69) is 13.8 Å². The van der Waals surface area contributed by atoms with Crippen LogP contribution >= 0.6 is 11.8 Å². The molecule has 0 aromatic heterocycles. The molecule has 0 amide bonds. The maximum absolute atomic E-state index is 14.5. The molecule has 130 valence electrons. The number of benzene rings is 2. The molecule has 0 aliphatic carbocycles. The van der Waals surface area contributed by atoms with Gasteiger partial charge in [-0.05, 0) is 41.9 Å². The van der Waals surface area contributed by atoms with Gasteiger partial charge in [0.25, 0.3) is 0 Å². The number of cyclic esters (lactones) is 1. The van der Waals surface area contributed by atoms with Crippen LogP contribution in [0.25, 0.3) is 11.1 Å². The normalized spacial score (nSPS) is 14.4. The summed E-state index contributed by atoms with van der Waals surface area (Å²) in [5.74, 6) is -0.143. The van der Waals surface area contributed by atoms with E-state index in [4.69, 9.17) is 4.74 Å². The van der Waals surface area contributed by atoms with Crippen LogP contribution in [0, 0.1) is 11.7 Å². The Bertz CT molecular complexity index is 822. The summed E-state index contributed by atoms with van der Waals surface area (Å²) in [5.41, 5.74) is 3.52. The molecule has 3 rings (SSSR count). The molecule has 0 saturated carbocycles. The fourth-order valence-electron chi connectivity index (χ4n) is 3.06. The number of ether oxygens (including phenoxy) is 1. The lowest BCUT2D eigenvalue weighted by Gasteiger charge is -2.09. The number of hydrogen-bond donors (Lipinski definition) is 0. The summed E-state index contributed by atoms with van der Waals surface area (Å²) in [7, 11) is 0. The van der Waals surface area contributed by atoms with Gasteiger partial charge in [0, 0.05) is 16.0 Å². The highest BCUT2D eigenvalue weighted by molar-refractivity contribution is 7.98. The molecule has 2 aromatic carbocycles. The second kappa shape index (κ2) is 7.44. The van der Waals surface area contributed by atoms with Crippen molar-refractivity contribution >= 4 is 28.9 Å². The van der Waals surface area contributed by atoms with Gasteiger partial charge >= 0.3 is 5.97 Å². The van der Waals surface area contributed by atoms with Gasteiger partial charge in [0.15, 0.2) is 0 Å². The van der Waals surface area contributed by atoms with E-state index in [0.29, 0.717) is 22.6 Å². The highest BCUT2D eigenvalue weighted by Gasteiger charge is 2.28. The third-order valence-electron chi connectivity index (χ3n) is 4.24. The van der Waals surface area contributed by atoms with Gasteiger partial charge in [0.05, 0.1) is 5.57 Å². The fourth-order valence-corrected chi connectivity index (χ4v) is 3.48. The molecule has 0 radical (unpaired) electrons. The van der Waals surface area contributed by atoms with E-state index in [1.54, 1.807) is 6.07 Å². The maximum atomic E-state index is 14.5. The Morgan fingerprint density at radius 3 is 2.48 bits per heavy atom. The van der Waals surface area contributed by atoms with Gasteiger partial charge in [0.2, 0.25) is 0 Å². The molecule has 2 nitrogen and oxygen atoms in total. The fraction of sp³-hybridized carbons (Fsp3) is 0.286. The van der Waals surface area contributed by atoms with Gasteiger partial charge in [-0.3, -0.25) is 0 Å². The van der Waals surface area contributed by atoms with E-state index < -0.39 is 0 Å². The molecule has 25 heavy (non-hydrogen) atoms. The predicted molar refractivity (Wildman–Crippen MR) is 101 cm³/mol. The molecule has 1 aliphatic rings. The molecule has 0 fully saturated rings. The molecule has 2 aromatic rings. The lowest BCUT2D eigenvalue weighted by Crippen LogP contribution is -2.00. The minimum absolute atomic E-state index is 0.109. The summed E-state index contributed by atoms with van der Waals surface area (Å²) in [6, 6.07) is 13.0. The average Bonchev–Trinajstić information content (AvgIpc) is 2.96. The van der Waals surface area contributed by atoms with E-state index in [1.165, 1.54) is 23.4 Å². The molecular formula is C21H21FO2S. The molecule has 0 spiro atoms. The first kappa shape index (κ1) is 17.7. The van der Waals surface area contributed by atoms with Gasteiger partial charge in [-0.25, -0.2) is 9.18 Å². The average molecular weight is 356 g/mol. The Balaban J connectivity index is 2.02. The van der Waals surface area contributed by atoms with Gasteiger partial charge in [-0.15, -0.1) is 11.8 Å². The Morgan fingerprint density at radius 1 is 1.16 bits per heavy atom. The minimum Gasteiger partial charge on any atom is -0.457 e. The predicted octanol–water partition coefficient (Wildman–Crippen LogP) is 5.21. The molecule has 1 aliphatic heterocycles. The number of carbonyl (C=O) groups is 1. The van der Waals surface area contributed by atoms with Gasteiger partial charge < -0.3 is 4.74 Å². The van der Waals surface area contributed by atoms with Crippen molar-refractivity contribution in [2.24, 2.45) is 5.92 Å². The van der Waals surface area contributed by atoms with Gasteiger partial charge in [-0.2, -0.15) is 0 Å². The van der Waals surface area contributed by atoms with Crippen LogP contribution in [0.4, 0.5) is 4.39 Å². The molecular weight excluding hydrogens is 335 g/mol. The summed E-state index contributed by atoms with van der Waals surface area (Å²) < 4.78 is 19.7. The lowest BCUT2D eigenvalue weighted by molar-refractivity contribution is -0.133. The smallest absolute Gasteiger partial charge is 0.339 e. The largest absolute Gasteiger partial charge is 0.457 e. The third kappa shape index (κ3) is 3.79. The summed E-state index contributed by atoms with van der Waals surface area (Å²) in [4.78, 5) is 13.1. The summed E-state index contributed by atoms with van der Waals surface area (Å²) >= 11 is 1.48. The SMILES string of the molecule is CSc1ccc(C2=C(c3ccc(CC(C)C)cc3)C(=O)OC2)c(F)c1. The van der Waals surface area contributed by atoms with Crippen molar-refractivity contribution in [2.75, 3.05) is 12.9 Å². The highest BCUT2D eigenvalue weighted by Crippen LogP contribution is 2.35. The maximum Gasteiger partial charge on any atom is 0.339 e. The zero-order valence-corrected chi connectivity index (χ0v) is 15.5. The Kier molecular flexibility index (Phi) is 5.28. The highest BCUT2D eigenvalue weighted by atomic mass is 32.2. The van der Waals surface area contributed by atoms with Crippen LogP contribution in [0.1, 0.15) is 30.5 Å². The first-order valence-electron chi connectivity index (χ1n) is 8.33. The number of carbonyl (C=O) groups excluding carboxylic acids is 1. The van der Waals surface area contributed by atoms with E-state index in [1.807, 2.05) is 36.6 Å². The monoisotopic (exact) mass is 356 g/mol. The molecule has 0 saturated heterocycles. The Morgan fingerprint density at radius 2 is 1.88 bits per heavy atom. The number of hydrogen-bond acceptors (Lipinski definition) is 3. The molecule has 0 bridgehead atoms. The van der Waals surface area contributed by atoms with Gasteiger partial charge in [-0.1, -0.05) is 44.2 Å². The third-order valence-corrected chi connectivity index (χ3v) is 4.97. The molecule has 0 N–H and O–H groups in total. The zero-order valence-electron chi connectivity index (χ0n) is 14.6. The van der Waals surface area contributed by atoms with Crippen molar-refractivity contribution in [3.63, 3.8) is 0 Å². The molecule has 1 heterocycles. The van der Waals surface area contributed by atoms with Crippen LogP contribution in [0.3, 0.4) is 0 Å². The number of rotatable bonds is 5. The standard InChI is InChI=1S/C21H21FO2S/c1-13(2)10-14-4-6-15(7-5-14)20-18(12-24-21(20)23)17-9-8-16(25-3)11-19(17)22/h4-9,11,13H,10,12H2,1-3H3. The van der Waals surface area contributed by atoms with Crippen molar-refractivity contribution in [1.82, 2.24) is 0 Å². The zero-order chi connectivity index (χ0) is 18.0. The van der Waals surface area contributed by atoms with Crippen molar-refractivity contribution in [2.45, 2.75) is 25.2 Å². The van der Waals surface area contributed by atoms with Crippen molar-refractivity contribution < 1.29 is 13.9 Å². The summed E-state index contributed by atoms with van der Waals surface area (Å²) in [6.07, 6.45) is 2.89. The second-order valence-electron chi connectivity index (χ2n) is 6.57. The molecule has 0 atom stereocenters. The first-order valence-corrected chi connectivity index (χ1v) is 9.55. The van der Waals surface area contributed by atoms with Crippen molar-refractivity contribution in [3.8, 4) is 0 Å². The van der Waals surface area contributed by atoms with E-state index in [-0.39, 0.29) is 18.4 Å². The first-order chi connectivity index (χ1) is 12.0. The van der Waals surface area contributed by atoms with Crippen molar-refractivity contribution in [1.29, 1.82) is 0 Å². The quantitative estimate of drug-likeness (QED) is 0.543. The van der Waals surface area contributed by atoms with Crippen LogP contribution in [0.15, 0.2) is 47.4 Å². The minimum atomic E-state index is -0.389. The topological polar surface area (TPSA) is 26.3 Å². The van der Waals surface area contributed by atoms with Crippen LogP contribution in [-0.2, 0) is 16.0 Å². The van der Waals surface area contributed by atoms with Crippen LogP contribution in [0.2, 0.25) is 0 Å². The summed E-state index contributed by atoms with van der Waals surface area (Å²) in [5, 5.41) is 0. The van der Waals surface area contributed by atoms with Gasteiger partial charge in [0.1, 0.15) is 12.4 Å².